The Labute approximate surface area is 79.7 Å². The van der Waals surface area contributed by atoms with Gasteiger partial charge in [-0.05, 0) is 26.3 Å². The Morgan fingerprint density at radius 2 is 2.23 bits per heavy atom. The lowest BCUT2D eigenvalue weighted by molar-refractivity contribution is 0.855. The third kappa shape index (κ3) is 2.65. The molecule has 0 aromatic carbocycles. The fraction of sp³-hybridized carbons (Fsp3) is 0.455. The fourth-order valence-corrected chi connectivity index (χ4v) is 1.25. The minimum atomic E-state index is 0.997. The second kappa shape index (κ2) is 4.75. The van der Waals surface area contributed by atoms with E-state index in [1.807, 2.05) is 32.2 Å². The molecule has 0 amide bonds. The molecule has 0 radical (unpaired) electrons. The molecule has 0 aliphatic heterocycles. The van der Waals surface area contributed by atoms with Crippen molar-refractivity contribution in [3.8, 4) is 0 Å². The summed E-state index contributed by atoms with van der Waals surface area (Å²) in [4.78, 5) is 8.80. The molecule has 1 heterocycles. The minimum absolute atomic E-state index is 0.997. The van der Waals surface area contributed by atoms with Gasteiger partial charge in [0.1, 0.15) is 0 Å². The van der Waals surface area contributed by atoms with E-state index in [2.05, 4.69) is 16.9 Å². The number of aryl methyl sites for hydroxylation is 2. The summed E-state index contributed by atoms with van der Waals surface area (Å²) in [5, 5.41) is 0. The summed E-state index contributed by atoms with van der Waals surface area (Å²) in [5.74, 6) is 0. The molecule has 0 aliphatic carbocycles. The van der Waals surface area contributed by atoms with Crippen LogP contribution in [-0.2, 0) is 6.42 Å². The molecule has 0 unspecified atom stereocenters. The third-order valence-electron chi connectivity index (χ3n) is 1.81. The van der Waals surface area contributed by atoms with Crippen molar-refractivity contribution in [2.24, 2.45) is 0 Å². The SMILES string of the molecule is C/C=C\c1ncc(C)nc1CCC. The van der Waals surface area contributed by atoms with Gasteiger partial charge in [-0.2, -0.15) is 0 Å². The Morgan fingerprint density at radius 1 is 1.46 bits per heavy atom. The first kappa shape index (κ1) is 9.90. The van der Waals surface area contributed by atoms with Gasteiger partial charge in [-0.15, -0.1) is 0 Å². The molecule has 1 rings (SSSR count). The van der Waals surface area contributed by atoms with Crippen molar-refractivity contribution in [1.82, 2.24) is 9.97 Å². The molecule has 0 saturated carbocycles. The first-order chi connectivity index (χ1) is 6.27. The highest BCUT2D eigenvalue weighted by atomic mass is 14.8. The second-order valence-electron chi connectivity index (χ2n) is 3.09. The van der Waals surface area contributed by atoms with Gasteiger partial charge in [-0.25, -0.2) is 0 Å². The number of allylic oxidation sites excluding steroid dienone is 1. The number of rotatable bonds is 3. The van der Waals surface area contributed by atoms with Gasteiger partial charge >= 0.3 is 0 Å². The lowest BCUT2D eigenvalue weighted by atomic mass is 10.2. The first-order valence-electron chi connectivity index (χ1n) is 4.73. The molecule has 0 atom stereocenters. The quantitative estimate of drug-likeness (QED) is 0.707. The Kier molecular flexibility index (Phi) is 3.62. The van der Waals surface area contributed by atoms with Crippen LogP contribution >= 0.6 is 0 Å². The highest BCUT2D eigenvalue weighted by Crippen LogP contribution is 2.08. The van der Waals surface area contributed by atoms with Crippen molar-refractivity contribution in [3.63, 3.8) is 0 Å². The van der Waals surface area contributed by atoms with E-state index in [4.69, 9.17) is 0 Å². The van der Waals surface area contributed by atoms with E-state index in [0.717, 1.165) is 29.9 Å². The fourth-order valence-electron chi connectivity index (χ4n) is 1.25. The molecular weight excluding hydrogens is 160 g/mol. The molecule has 1 aromatic rings. The van der Waals surface area contributed by atoms with Crippen LogP contribution in [0, 0.1) is 6.92 Å². The Balaban J connectivity index is 3.02. The van der Waals surface area contributed by atoms with Crippen molar-refractivity contribution in [2.45, 2.75) is 33.6 Å². The van der Waals surface area contributed by atoms with Crippen LogP contribution in [0.3, 0.4) is 0 Å². The van der Waals surface area contributed by atoms with E-state index >= 15 is 0 Å². The van der Waals surface area contributed by atoms with Crippen LogP contribution in [0.15, 0.2) is 12.3 Å². The maximum absolute atomic E-state index is 4.47. The molecule has 0 saturated heterocycles. The lowest BCUT2D eigenvalue weighted by Crippen LogP contribution is -1.98. The summed E-state index contributed by atoms with van der Waals surface area (Å²) in [6, 6.07) is 0. The van der Waals surface area contributed by atoms with Gasteiger partial charge in [0.2, 0.25) is 0 Å². The van der Waals surface area contributed by atoms with Crippen molar-refractivity contribution >= 4 is 6.08 Å². The summed E-state index contributed by atoms with van der Waals surface area (Å²) in [6.45, 7) is 6.13. The summed E-state index contributed by atoms with van der Waals surface area (Å²) < 4.78 is 0. The predicted octanol–water partition coefficient (Wildman–Crippen LogP) is 2.77. The van der Waals surface area contributed by atoms with Gasteiger partial charge in [0.25, 0.3) is 0 Å². The molecule has 0 fully saturated rings. The van der Waals surface area contributed by atoms with Gasteiger partial charge in [0.15, 0.2) is 0 Å². The summed E-state index contributed by atoms with van der Waals surface area (Å²) >= 11 is 0. The van der Waals surface area contributed by atoms with Gasteiger partial charge in [0, 0.05) is 6.20 Å². The van der Waals surface area contributed by atoms with Gasteiger partial charge in [-0.3, -0.25) is 9.97 Å². The van der Waals surface area contributed by atoms with E-state index in [1.54, 1.807) is 0 Å². The third-order valence-corrected chi connectivity index (χ3v) is 1.81. The van der Waals surface area contributed by atoms with E-state index in [9.17, 15) is 0 Å². The van der Waals surface area contributed by atoms with Crippen LogP contribution in [0.1, 0.15) is 37.4 Å². The molecule has 0 aliphatic rings. The maximum atomic E-state index is 4.47. The van der Waals surface area contributed by atoms with Gasteiger partial charge < -0.3 is 0 Å². The first-order valence-corrected chi connectivity index (χ1v) is 4.73. The monoisotopic (exact) mass is 176 g/mol. The Bertz CT molecular complexity index is 303. The zero-order chi connectivity index (χ0) is 9.68. The minimum Gasteiger partial charge on any atom is -0.254 e. The average molecular weight is 176 g/mol. The zero-order valence-corrected chi connectivity index (χ0v) is 8.54. The number of aromatic nitrogens is 2. The lowest BCUT2D eigenvalue weighted by Gasteiger charge is -2.03. The predicted molar refractivity (Wildman–Crippen MR) is 55.5 cm³/mol. The Hall–Kier alpha value is -1.18. The highest BCUT2D eigenvalue weighted by Gasteiger charge is 2.01. The van der Waals surface area contributed by atoms with Crippen LogP contribution in [-0.4, -0.2) is 9.97 Å². The normalized spacial score (nSPS) is 11.0. The standard InChI is InChI=1S/C11H16N2/c1-4-6-10-11(7-5-2)13-9(3)8-12-10/h4,6,8H,5,7H2,1-3H3/b6-4-. The van der Waals surface area contributed by atoms with E-state index in [0.29, 0.717) is 0 Å². The van der Waals surface area contributed by atoms with Gasteiger partial charge in [0.05, 0.1) is 17.1 Å². The van der Waals surface area contributed by atoms with Gasteiger partial charge in [-0.1, -0.05) is 19.4 Å². The van der Waals surface area contributed by atoms with Crippen molar-refractivity contribution in [3.05, 3.63) is 29.4 Å². The Morgan fingerprint density at radius 3 is 2.85 bits per heavy atom. The number of hydrogen-bond donors (Lipinski definition) is 0. The van der Waals surface area contributed by atoms with E-state index in [-0.39, 0.29) is 0 Å². The molecule has 0 bridgehead atoms. The van der Waals surface area contributed by atoms with Crippen molar-refractivity contribution in [2.75, 3.05) is 0 Å². The van der Waals surface area contributed by atoms with Crippen LogP contribution in [0.4, 0.5) is 0 Å². The number of nitrogens with zero attached hydrogens (tertiary/aromatic N) is 2. The second-order valence-corrected chi connectivity index (χ2v) is 3.09. The summed E-state index contributed by atoms with van der Waals surface area (Å²) in [7, 11) is 0. The van der Waals surface area contributed by atoms with Crippen LogP contribution < -0.4 is 0 Å². The molecule has 0 spiro atoms. The number of hydrogen-bond acceptors (Lipinski definition) is 2. The molecule has 1 aromatic heterocycles. The topological polar surface area (TPSA) is 25.8 Å². The average Bonchev–Trinajstić information content (AvgIpc) is 2.10. The molecular formula is C11H16N2. The molecule has 0 N–H and O–H groups in total. The molecule has 70 valence electrons. The smallest absolute Gasteiger partial charge is 0.0841 e. The maximum Gasteiger partial charge on any atom is 0.0841 e. The summed E-state index contributed by atoms with van der Waals surface area (Å²) in [5.41, 5.74) is 3.12. The molecule has 2 nitrogen and oxygen atoms in total. The van der Waals surface area contributed by atoms with Crippen molar-refractivity contribution in [1.29, 1.82) is 0 Å². The van der Waals surface area contributed by atoms with Crippen LogP contribution in [0.5, 0.6) is 0 Å². The molecule has 2 heteroatoms. The molecule has 13 heavy (non-hydrogen) atoms. The van der Waals surface area contributed by atoms with Crippen LogP contribution in [0.25, 0.3) is 6.08 Å². The van der Waals surface area contributed by atoms with E-state index in [1.165, 1.54) is 0 Å². The highest BCUT2D eigenvalue weighted by molar-refractivity contribution is 5.46. The van der Waals surface area contributed by atoms with Crippen LogP contribution in [0.2, 0.25) is 0 Å². The summed E-state index contributed by atoms with van der Waals surface area (Å²) in [6.07, 6.45) is 7.95. The van der Waals surface area contributed by atoms with E-state index < -0.39 is 0 Å². The largest absolute Gasteiger partial charge is 0.254 e. The van der Waals surface area contributed by atoms with Crippen molar-refractivity contribution < 1.29 is 0 Å². The zero-order valence-electron chi connectivity index (χ0n) is 8.54.